The number of fused-ring (bicyclic) bond motifs is 1. The van der Waals surface area contributed by atoms with E-state index in [2.05, 4.69) is 4.98 Å². The Balaban J connectivity index is 1.85. The fourth-order valence-corrected chi connectivity index (χ4v) is 2.93. The number of hydrogen-bond acceptors (Lipinski definition) is 3. The number of para-hydroxylation sites is 1. The second-order valence-electron chi connectivity index (χ2n) is 7.43. The van der Waals surface area contributed by atoms with Crippen LogP contribution in [0.15, 0.2) is 30.5 Å². The largest absolute Gasteiger partial charge is 0.481 e. The van der Waals surface area contributed by atoms with Crippen LogP contribution in [0.25, 0.3) is 10.9 Å². The number of esters is 1. The van der Waals surface area contributed by atoms with Gasteiger partial charge in [-0.2, -0.15) is 0 Å². The minimum Gasteiger partial charge on any atom is -0.481 e. The summed E-state index contributed by atoms with van der Waals surface area (Å²) in [6.45, 7) is 5.52. The smallest absolute Gasteiger partial charge is 0.306 e. The first-order chi connectivity index (χ1) is 11.8. The predicted molar refractivity (Wildman–Crippen MR) is 97.4 cm³/mol. The molecule has 25 heavy (non-hydrogen) atoms. The molecule has 0 unspecified atom stereocenters. The van der Waals surface area contributed by atoms with Gasteiger partial charge in [0.25, 0.3) is 0 Å². The number of nitrogens with one attached hydrogen (secondary N) is 1. The quantitative estimate of drug-likeness (QED) is 0.552. The standard InChI is InChI=1S/C20H27NO4/c1-20(2,3)25-18(22)11-7-4-8-14(19(23)24)12-15-13-21-17-10-6-5-9-16(15)17/h5-6,9-10,13-14,21H,4,7-8,11-12H2,1-3H3,(H,23,24)/t14-/m1/s1. The molecule has 0 bridgehead atoms. The summed E-state index contributed by atoms with van der Waals surface area (Å²) in [5.41, 5.74) is 1.57. The molecule has 1 heterocycles. The second-order valence-corrected chi connectivity index (χ2v) is 7.43. The van der Waals surface area contributed by atoms with Gasteiger partial charge in [-0.25, -0.2) is 0 Å². The number of unbranched alkanes of at least 4 members (excludes halogenated alkanes) is 1. The van der Waals surface area contributed by atoms with Crippen molar-refractivity contribution in [2.24, 2.45) is 5.92 Å². The zero-order valence-electron chi connectivity index (χ0n) is 15.2. The summed E-state index contributed by atoms with van der Waals surface area (Å²) in [5.74, 6) is -1.46. The lowest BCUT2D eigenvalue weighted by Gasteiger charge is -2.19. The monoisotopic (exact) mass is 345 g/mol. The highest BCUT2D eigenvalue weighted by Crippen LogP contribution is 2.23. The average Bonchev–Trinajstić information content (AvgIpc) is 2.91. The van der Waals surface area contributed by atoms with Crippen molar-refractivity contribution in [2.75, 3.05) is 0 Å². The molecule has 0 aliphatic carbocycles. The van der Waals surface area contributed by atoms with Crippen LogP contribution in [0.4, 0.5) is 0 Å². The van der Waals surface area contributed by atoms with Crippen molar-refractivity contribution in [2.45, 2.75) is 58.5 Å². The van der Waals surface area contributed by atoms with E-state index in [9.17, 15) is 14.7 Å². The van der Waals surface area contributed by atoms with Crippen LogP contribution >= 0.6 is 0 Å². The fraction of sp³-hybridized carbons (Fsp3) is 0.500. The lowest BCUT2D eigenvalue weighted by Crippen LogP contribution is -2.23. The average molecular weight is 345 g/mol. The Kier molecular flexibility index (Phi) is 6.23. The summed E-state index contributed by atoms with van der Waals surface area (Å²) in [4.78, 5) is 26.5. The molecule has 2 N–H and O–H groups in total. The number of H-pyrrole nitrogens is 1. The highest BCUT2D eigenvalue weighted by atomic mass is 16.6. The van der Waals surface area contributed by atoms with E-state index in [0.29, 0.717) is 32.1 Å². The van der Waals surface area contributed by atoms with E-state index >= 15 is 0 Å². The van der Waals surface area contributed by atoms with Crippen LogP contribution in [0.2, 0.25) is 0 Å². The van der Waals surface area contributed by atoms with E-state index in [4.69, 9.17) is 4.74 Å². The molecule has 2 rings (SSSR count). The molecule has 0 saturated heterocycles. The van der Waals surface area contributed by atoms with Gasteiger partial charge in [0.2, 0.25) is 0 Å². The van der Waals surface area contributed by atoms with Gasteiger partial charge in [0, 0.05) is 23.5 Å². The summed E-state index contributed by atoms with van der Waals surface area (Å²) in [6, 6.07) is 7.89. The lowest BCUT2D eigenvalue weighted by molar-refractivity contribution is -0.154. The van der Waals surface area contributed by atoms with Crippen LogP contribution < -0.4 is 0 Å². The Morgan fingerprint density at radius 2 is 1.92 bits per heavy atom. The molecule has 136 valence electrons. The van der Waals surface area contributed by atoms with E-state index in [1.807, 2.05) is 51.2 Å². The van der Waals surface area contributed by atoms with Gasteiger partial charge in [0.05, 0.1) is 5.92 Å². The maximum absolute atomic E-state index is 11.7. The first-order valence-electron chi connectivity index (χ1n) is 8.76. The van der Waals surface area contributed by atoms with Crippen molar-refractivity contribution < 1.29 is 19.4 Å². The number of hydrogen-bond donors (Lipinski definition) is 2. The van der Waals surface area contributed by atoms with Crippen molar-refractivity contribution in [3.05, 3.63) is 36.0 Å². The summed E-state index contributed by atoms with van der Waals surface area (Å²) < 4.78 is 5.27. The number of ether oxygens (including phenoxy) is 1. The van der Waals surface area contributed by atoms with Crippen LogP contribution in [0.1, 0.15) is 52.0 Å². The van der Waals surface area contributed by atoms with Gasteiger partial charge in [-0.15, -0.1) is 0 Å². The minimum atomic E-state index is -0.789. The molecule has 0 saturated carbocycles. The van der Waals surface area contributed by atoms with Crippen molar-refractivity contribution in [3.8, 4) is 0 Å². The zero-order valence-corrected chi connectivity index (χ0v) is 15.2. The van der Waals surface area contributed by atoms with Crippen molar-refractivity contribution in [3.63, 3.8) is 0 Å². The van der Waals surface area contributed by atoms with E-state index in [-0.39, 0.29) is 5.97 Å². The molecule has 5 heteroatoms. The molecule has 2 aromatic rings. The van der Waals surface area contributed by atoms with E-state index < -0.39 is 17.5 Å². The molecular weight excluding hydrogens is 318 g/mol. The van der Waals surface area contributed by atoms with Crippen molar-refractivity contribution in [1.29, 1.82) is 0 Å². The fourth-order valence-electron chi connectivity index (χ4n) is 2.93. The molecule has 1 aromatic heterocycles. The molecule has 0 radical (unpaired) electrons. The number of carboxylic acids is 1. The Hall–Kier alpha value is -2.30. The van der Waals surface area contributed by atoms with Crippen LogP contribution in [-0.4, -0.2) is 27.6 Å². The van der Waals surface area contributed by atoms with Gasteiger partial charge in [0.15, 0.2) is 0 Å². The summed E-state index contributed by atoms with van der Waals surface area (Å²) >= 11 is 0. The van der Waals surface area contributed by atoms with Crippen LogP contribution in [0.3, 0.4) is 0 Å². The van der Waals surface area contributed by atoms with E-state index in [1.54, 1.807) is 0 Å². The molecule has 0 aliphatic heterocycles. The molecule has 0 spiro atoms. The maximum Gasteiger partial charge on any atom is 0.306 e. The van der Waals surface area contributed by atoms with Crippen molar-refractivity contribution in [1.82, 2.24) is 4.98 Å². The minimum absolute atomic E-state index is 0.226. The van der Waals surface area contributed by atoms with Crippen LogP contribution in [0, 0.1) is 5.92 Å². The highest BCUT2D eigenvalue weighted by molar-refractivity contribution is 5.83. The molecule has 5 nitrogen and oxygen atoms in total. The third kappa shape index (κ3) is 5.93. The van der Waals surface area contributed by atoms with Crippen LogP contribution in [-0.2, 0) is 20.7 Å². The van der Waals surface area contributed by atoms with Gasteiger partial charge < -0.3 is 14.8 Å². The first-order valence-corrected chi connectivity index (χ1v) is 8.76. The number of carbonyl (C=O) groups is 2. The predicted octanol–water partition coefficient (Wildman–Crippen LogP) is 4.31. The number of benzene rings is 1. The first kappa shape index (κ1) is 19.0. The summed E-state index contributed by atoms with van der Waals surface area (Å²) in [7, 11) is 0. The van der Waals surface area contributed by atoms with Crippen molar-refractivity contribution >= 4 is 22.8 Å². The molecule has 0 fully saturated rings. The van der Waals surface area contributed by atoms with Gasteiger partial charge >= 0.3 is 11.9 Å². The number of aromatic amines is 1. The van der Waals surface area contributed by atoms with E-state index in [0.717, 1.165) is 16.5 Å². The Morgan fingerprint density at radius 1 is 1.20 bits per heavy atom. The van der Waals surface area contributed by atoms with E-state index in [1.165, 1.54) is 0 Å². The van der Waals surface area contributed by atoms with Gasteiger partial charge in [0.1, 0.15) is 5.60 Å². The lowest BCUT2D eigenvalue weighted by atomic mass is 9.93. The number of carbonyl (C=O) groups excluding carboxylic acids is 1. The third-order valence-electron chi connectivity index (χ3n) is 4.09. The SMILES string of the molecule is CC(C)(C)OC(=O)CCCC[C@H](Cc1c[nH]c2ccccc12)C(=O)O. The highest BCUT2D eigenvalue weighted by Gasteiger charge is 2.20. The third-order valence-corrected chi connectivity index (χ3v) is 4.09. The molecule has 1 atom stereocenters. The summed E-state index contributed by atoms with van der Waals surface area (Å²) in [6.07, 6.45) is 4.60. The molecular formula is C20H27NO4. The number of rotatable bonds is 8. The van der Waals surface area contributed by atoms with Crippen LogP contribution in [0.5, 0.6) is 0 Å². The Bertz CT molecular complexity index is 727. The van der Waals surface area contributed by atoms with Gasteiger partial charge in [-0.05, 0) is 51.7 Å². The number of aromatic nitrogens is 1. The molecule has 0 amide bonds. The van der Waals surface area contributed by atoms with Gasteiger partial charge in [-0.1, -0.05) is 24.6 Å². The number of carboxylic acid groups (broad SMARTS) is 1. The normalized spacial score (nSPS) is 12.9. The van der Waals surface area contributed by atoms with Gasteiger partial charge in [-0.3, -0.25) is 9.59 Å². The Morgan fingerprint density at radius 3 is 2.60 bits per heavy atom. The second kappa shape index (κ2) is 8.19. The molecule has 1 aromatic carbocycles. The Labute approximate surface area is 148 Å². The molecule has 0 aliphatic rings. The number of aliphatic carboxylic acids is 1. The zero-order chi connectivity index (χ0) is 18.4. The summed E-state index contributed by atoms with van der Waals surface area (Å²) in [5, 5.41) is 10.6. The topological polar surface area (TPSA) is 79.4 Å². The maximum atomic E-state index is 11.7.